The van der Waals surface area contributed by atoms with Gasteiger partial charge >= 0.3 is 5.97 Å². The van der Waals surface area contributed by atoms with Crippen LogP contribution in [0.25, 0.3) is 0 Å². The summed E-state index contributed by atoms with van der Waals surface area (Å²) in [6.07, 6.45) is 1.75. The number of esters is 1. The first-order chi connectivity index (χ1) is 6.98. The summed E-state index contributed by atoms with van der Waals surface area (Å²) in [6, 6.07) is 1.91. The van der Waals surface area contributed by atoms with Crippen LogP contribution in [0.5, 0.6) is 0 Å². The summed E-state index contributed by atoms with van der Waals surface area (Å²) < 4.78 is 4.82. The summed E-state index contributed by atoms with van der Waals surface area (Å²) in [6.45, 7) is 3.11. The number of hydrogen-bond acceptors (Lipinski definition) is 4. The number of carbonyl (C=O) groups excluding carboxylic acids is 2. The third kappa shape index (κ3) is 2.79. The van der Waals surface area contributed by atoms with Crippen molar-refractivity contribution >= 4 is 11.8 Å². The highest BCUT2D eigenvalue weighted by Crippen LogP contribution is 2.38. The van der Waals surface area contributed by atoms with E-state index < -0.39 is 17.5 Å². The van der Waals surface area contributed by atoms with E-state index in [4.69, 9.17) is 10.00 Å². The number of nitrogens with zero attached hydrogens (tertiary/aromatic N) is 1. The molecule has 15 heavy (non-hydrogen) atoms. The van der Waals surface area contributed by atoms with Gasteiger partial charge in [-0.25, -0.2) is 0 Å². The van der Waals surface area contributed by atoms with E-state index in [0.29, 0.717) is 12.8 Å². The maximum atomic E-state index is 11.6. The first kappa shape index (κ1) is 11.7. The molecule has 4 nitrogen and oxygen atoms in total. The summed E-state index contributed by atoms with van der Waals surface area (Å²) in [5.74, 6) is -0.300. The van der Waals surface area contributed by atoms with Crippen LogP contribution in [-0.4, -0.2) is 17.9 Å². The second kappa shape index (κ2) is 4.43. The number of ether oxygens (including phenoxy) is 1. The van der Waals surface area contributed by atoms with Crippen molar-refractivity contribution in [3.05, 3.63) is 0 Å². The highest BCUT2D eigenvalue weighted by Gasteiger charge is 2.39. The molecule has 0 spiro atoms. The van der Waals surface area contributed by atoms with Crippen molar-refractivity contribution in [1.82, 2.24) is 0 Å². The molecule has 0 aromatic heterocycles. The van der Waals surface area contributed by atoms with E-state index in [1.165, 1.54) is 6.92 Å². The quantitative estimate of drug-likeness (QED) is 0.662. The van der Waals surface area contributed by atoms with Crippen molar-refractivity contribution in [2.45, 2.75) is 45.6 Å². The maximum Gasteiger partial charge on any atom is 0.303 e. The molecule has 0 aromatic rings. The molecule has 1 aliphatic carbocycles. The van der Waals surface area contributed by atoms with E-state index in [2.05, 4.69) is 0 Å². The van der Waals surface area contributed by atoms with Crippen LogP contribution in [0.1, 0.15) is 39.5 Å². The third-order valence-electron chi connectivity index (χ3n) is 2.89. The molecule has 1 saturated carbocycles. The predicted octanol–water partition coefficient (Wildman–Crippen LogP) is 1.59. The van der Waals surface area contributed by atoms with E-state index >= 15 is 0 Å². The van der Waals surface area contributed by atoms with Crippen molar-refractivity contribution in [3.63, 3.8) is 0 Å². The minimum Gasteiger partial charge on any atom is -0.447 e. The molecule has 0 N–H and O–H groups in total. The summed E-state index contributed by atoms with van der Waals surface area (Å²) >= 11 is 0. The molecule has 0 amide bonds. The van der Waals surface area contributed by atoms with Gasteiger partial charge < -0.3 is 4.74 Å². The second-order valence-electron chi connectivity index (χ2n) is 4.27. The zero-order valence-electron chi connectivity index (χ0n) is 9.08. The minimum absolute atomic E-state index is 0.176. The smallest absolute Gasteiger partial charge is 0.303 e. The number of hydrogen-bond donors (Lipinski definition) is 0. The predicted molar refractivity (Wildman–Crippen MR) is 52.7 cm³/mol. The third-order valence-corrected chi connectivity index (χ3v) is 2.89. The number of ketones is 1. The fraction of sp³-hybridized carbons (Fsp3) is 0.727. The van der Waals surface area contributed by atoms with Crippen LogP contribution in [-0.2, 0) is 14.3 Å². The summed E-state index contributed by atoms with van der Waals surface area (Å²) in [5, 5.41) is 8.80. The Bertz CT molecular complexity index is 318. The van der Waals surface area contributed by atoms with Gasteiger partial charge in [0.05, 0.1) is 0 Å². The van der Waals surface area contributed by atoms with Gasteiger partial charge in [0.25, 0.3) is 0 Å². The van der Waals surface area contributed by atoms with Crippen molar-refractivity contribution in [3.8, 4) is 6.07 Å². The normalized spacial score (nSPS) is 27.1. The SMILES string of the molecule is CC(=O)O[C@@H](C#N)C[C@]1(C)CCCC1=O. The molecule has 4 heteroatoms. The van der Waals surface area contributed by atoms with Crippen molar-refractivity contribution < 1.29 is 14.3 Å². The summed E-state index contributed by atoms with van der Waals surface area (Å²) in [5.41, 5.74) is -0.476. The Hall–Kier alpha value is -1.37. The molecule has 0 unspecified atom stereocenters. The monoisotopic (exact) mass is 209 g/mol. The number of carbonyl (C=O) groups is 2. The van der Waals surface area contributed by atoms with Gasteiger partial charge in [-0.15, -0.1) is 0 Å². The van der Waals surface area contributed by atoms with E-state index in [-0.39, 0.29) is 5.78 Å². The van der Waals surface area contributed by atoms with Gasteiger partial charge in [0, 0.05) is 25.2 Å². The van der Waals surface area contributed by atoms with Crippen LogP contribution in [0.4, 0.5) is 0 Å². The first-order valence-corrected chi connectivity index (χ1v) is 5.08. The van der Waals surface area contributed by atoms with Gasteiger partial charge in [-0.2, -0.15) is 5.26 Å². The van der Waals surface area contributed by atoms with Crippen LogP contribution in [0.3, 0.4) is 0 Å². The average Bonchev–Trinajstić information content (AvgIpc) is 2.45. The Morgan fingerprint density at radius 3 is 2.80 bits per heavy atom. The van der Waals surface area contributed by atoms with Crippen LogP contribution >= 0.6 is 0 Å². The lowest BCUT2D eigenvalue weighted by atomic mass is 9.82. The molecule has 1 fully saturated rings. The van der Waals surface area contributed by atoms with E-state index in [9.17, 15) is 9.59 Å². The fourth-order valence-electron chi connectivity index (χ4n) is 2.02. The second-order valence-corrected chi connectivity index (χ2v) is 4.27. The number of rotatable bonds is 3. The first-order valence-electron chi connectivity index (χ1n) is 5.08. The molecule has 0 bridgehead atoms. The Labute approximate surface area is 89.2 Å². The lowest BCUT2D eigenvalue weighted by Crippen LogP contribution is -2.29. The summed E-state index contributed by atoms with van der Waals surface area (Å²) in [4.78, 5) is 22.3. The maximum absolute atomic E-state index is 11.6. The largest absolute Gasteiger partial charge is 0.447 e. The topological polar surface area (TPSA) is 67.2 Å². The fourth-order valence-corrected chi connectivity index (χ4v) is 2.02. The van der Waals surface area contributed by atoms with Gasteiger partial charge in [0.2, 0.25) is 0 Å². The lowest BCUT2D eigenvalue weighted by molar-refractivity contribution is -0.146. The minimum atomic E-state index is -0.797. The molecule has 0 heterocycles. The highest BCUT2D eigenvalue weighted by molar-refractivity contribution is 5.86. The zero-order chi connectivity index (χ0) is 11.5. The molecular weight excluding hydrogens is 194 g/mol. The molecule has 0 radical (unpaired) electrons. The van der Waals surface area contributed by atoms with Crippen LogP contribution < -0.4 is 0 Å². The van der Waals surface area contributed by atoms with Crippen molar-refractivity contribution in [2.24, 2.45) is 5.41 Å². The lowest BCUT2D eigenvalue weighted by Gasteiger charge is -2.23. The highest BCUT2D eigenvalue weighted by atomic mass is 16.5. The van der Waals surface area contributed by atoms with Crippen molar-refractivity contribution in [2.75, 3.05) is 0 Å². The molecule has 2 atom stereocenters. The van der Waals surface area contributed by atoms with Crippen molar-refractivity contribution in [1.29, 1.82) is 5.26 Å². The molecule has 0 saturated heterocycles. The van der Waals surface area contributed by atoms with Crippen LogP contribution in [0.15, 0.2) is 0 Å². The van der Waals surface area contributed by atoms with Gasteiger partial charge in [-0.05, 0) is 12.8 Å². The Morgan fingerprint density at radius 1 is 1.73 bits per heavy atom. The molecule has 0 aromatic carbocycles. The number of Topliss-reactive ketones (excluding diaryl/α,β-unsaturated/α-hetero) is 1. The Morgan fingerprint density at radius 2 is 2.40 bits per heavy atom. The van der Waals surface area contributed by atoms with E-state index in [1.54, 1.807) is 0 Å². The molecular formula is C11H15NO3. The van der Waals surface area contributed by atoms with Crippen LogP contribution in [0.2, 0.25) is 0 Å². The van der Waals surface area contributed by atoms with Gasteiger partial charge in [0.15, 0.2) is 6.10 Å². The Kier molecular flexibility index (Phi) is 3.46. The average molecular weight is 209 g/mol. The van der Waals surface area contributed by atoms with Gasteiger partial charge in [-0.3, -0.25) is 9.59 Å². The zero-order valence-corrected chi connectivity index (χ0v) is 9.08. The Balaban J connectivity index is 2.62. The molecule has 1 rings (SSSR count). The van der Waals surface area contributed by atoms with E-state index in [1.807, 2.05) is 13.0 Å². The van der Waals surface area contributed by atoms with E-state index in [0.717, 1.165) is 12.8 Å². The van der Waals surface area contributed by atoms with Gasteiger partial charge in [0.1, 0.15) is 11.9 Å². The number of nitriles is 1. The van der Waals surface area contributed by atoms with Gasteiger partial charge in [-0.1, -0.05) is 6.92 Å². The standard InChI is InChI=1S/C11H15NO3/c1-8(13)15-9(7-12)6-11(2)5-3-4-10(11)14/h9H,3-6H2,1-2H3/t9-,11+/m1/s1. The van der Waals surface area contributed by atoms with Crippen LogP contribution in [0, 0.1) is 16.7 Å². The summed E-state index contributed by atoms with van der Waals surface area (Å²) in [7, 11) is 0. The molecule has 1 aliphatic rings. The molecule has 0 aliphatic heterocycles. The molecule has 82 valence electrons.